The first-order chi connectivity index (χ1) is 23.6. The molecule has 0 spiro atoms. The van der Waals surface area contributed by atoms with Gasteiger partial charge in [-0.15, -0.1) is 0 Å². The number of benzene rings is 2. The Morgan fingerprint density at radius 3 is 1.00 bits per heavy atom. The molecule has 0 aromatic heterocycles. The van der Waals surface area contributed by atoms with Crippen molar-refractivity contribution in [2.24, 2.45) is 0 Å². The average molecular weight is 665 g/mol. The van der Waals surface area contributed by atoms with Crippen LogP contribution in [0.25, 0.3) is 11.1 Å². The highest BCUT2D eigenvalue weighted by molar-refractivity contribution is 5.63. The molecule has 0 radical (unpaired) electrons. The summed E-state index contributed by atoms with van der Waals surface area (Å²) in [5, 5.41) is 0. The van der Waals surface area contributed by atoms with Crippen LogP contribution in [-0.4, -0.2) is 63.3 Å². The molecule has 0 amide bonds. The summed E-state index contributed by atoms with van der Waals surface area (Å²) in [5.41, 5.74) is 4.99. The lowest BCUT2D eigenvalue weighted by atomic mass is 10.0. The molecule has 2 aromatic rings. The van der Waals surface area contributed by atoms with Crippen LogP contribution in [0, 0.1) is 0 Å². The third kappa shape index (κ3) is 22.8. The molecule has 0 unspecified atom stereocenters. The van der Waals surface area contributed by atoms with Gasteiger partial charge in [0, 0.05) is 13.2 Å². The lowest BCUT2D eigenvalue weighted by Crippen LogP contribution is -2.21. The largest absolute Gasteiger partial charge is 0.377 e. The normalized spacial score (nSPS) is 11.7. The summed E-state index contributed by atoms with van der Waals surface area (Å²) in [7, 11) is 4.54. The molecule has 0 aliphatic carbocycles. The van der Waals surface area contributed by atoms with Gasteiger partial charge in [-0.2, -0.15) is 0 Å². The van der Waals surface area contributed by atoms with E-state index in [0.29, 0.717) is 13.2 Å². The molecule has 0 N–H and O–H groups in total. The van der Waals surface area contributed by atoms with E-state index in [2.05, 4.69) is 86.3 Å². The predicted molar refractivity (Wildman–Crippen MR) is 210 cm³/mol. The Bertz CT molecular complexity index is 881. The molecule has 0 aliphatic rings. The van der Waals surface area contributed by atoms with Crippen molar-refractivity contribution in [1.29, 1.82) is 0 Å². The van der Waals surface area contributed by atoms with Crippen molar-refractivity contribution in [1.82, 2.24) is 9.80 Å². The zero-order valence-electron chi connectivity index (χ0n) is 32.1. The van der Waals surface area contributed by atoms with Crippen LogP contribution in [0.2, 0.25) is 0 Å². The van der Waals surface area contributed by atoms with Crippen molar-refractivity contribution in [2.75, 3.05) is 53.5 Å². The van der Waals surface area contributed by atoms with E-state index >= 15 is 0 Å². The van der Waals surface area contributed by atoms with Gasteiger partial charge in [-0.3, -0.25) is 0 Å². The first-order valence-electron chi connectivity index (χ1n) is 20.3. The SMILES string of the molecule is CCCCCCCCCCN(C)CCCCOCc1ccc(-c2ccc(COCCCCN(C)CCCCCCCCCC)cc2)cc1. The highest BCUT2D eigenvalue weighted by Gasteiger charge is 2.03. The average Bonchev–Trinajstić information content (AvgIpc) is 3.10. The summed E-state index contributed by atoms with van der Waals surface area (Å²) in [4.78, 5) is 4.99. The van der Waals surface area contributed by atoms with Crippen LogP contribution in [0.15, 0.2) is 48.5 Å². The molecule has 48 heavy (non-hydrogen) atoms. The first-order valence-corrected chi connectivity index (χ1v) is 20.3. The maximum Gasteiger partial charge on any atom is 0.0716 e. The van der Waals surface area contributed by atoms with E-state index in [0.717, 1.165) is 26.1 Å². The fraction of sp³-hybridized carbons (Fsp3) is 0.727. The molecule has 274 valence electrons. The highest BCUT2D eigenvalue weighted by atomic mass is 16.5. The van der Waals surface area contributed by atoms with Crippen LogP contribution in [0.1, 0.15) is 153 Å². The van der Waals surface area contributed by atoms with Crippen molar-refractivity contribution >= 4 is 0 Å². The molecule has 4 nitrogen and oxygen atoms in total. The van der Waals surface area contributed by atoms with Crippen LogP contribution in [0.4, 0.5) is 0 Å². The maximum absolute atomic E-state index is 5.99. The van der Waals surface area contributed by atoms with E-state index in [-0.39, 0.29) is 0 Å². The first kappa shape index (κ1) is 42.4. The standard InChI is InChI=1S/C44H76N2O2/c1-5-7-9-11-13-15-17-19-33-45(3)35-21-23-37-47-39-41-25-29-43(30-26-41)44-31-27-42(28-32-44)40-48-38-24-22-36-46(4)34-20-18-16-14-12-10-8-6-2/h25-32H,5-24,33-40H2,1-4H3. The molecule has 0 heterocycles. The molecule has 0 fully saturated rings. The molecule has 0 saturated carbocycles. The fourth-order valence-electron chi connectivity index (χ4n) is 6.39. The topological polar surface area (TPSA) is 24.9 Å². The Hall–Kier alpha value is -1.72. The van der Waals surface area contributed by atoms with Crippen molar-refractivity contribution in [3.8, 4) is 11.1 Å². The zero-order valence-corrected chi connectivity index (χ0v) is 32.1. The van der Waals surface area contributed by atoms with E-state index in [1.165, 1.54) is 164 Å². The molecule has 0 atom stereocenters. The van der Waals surface area contributed by atoms with Crippen LogP contribution in [0.5, 0.6) is 0 Å². The number of unbranched alkanes of at least 4 members (excludes halogenated alkanes) is 16. The summed E-state index contributed by atoms with van der Waals surface area (Å²) in [6.07, 6.45) is 27.0. The van der Waals surface area contributed by atoms with Gasteiger partial charge in [0.25, 0.3) is 0 Å². The Morgan fingerprint density at radius 2 is 0.667 bits per heavy atom. The second kappa shape index (κ2) is 30.1. The van der Waals surface area contributed by atoms with Crippen molar-refractivity contribution < 1.29 is 9.47 Å². The minimum atomic E-state index is 0.695. The molecule has 0 saturated heterocycles. The molecule has 2 rings (SSSR count). The molecule has 0 bridgehead atoms. The summed E-state index contributed by atoms with van der Waals surface area (Å²) < 4.78 is 12.0. The van der Waals surface area contributed by atoms with Gasteiger partial charge in [0.2, 0.25) is 0 Å². The van der Waals surface area contributed by atoms with Crippen LogP contribution < -0.4 is 0 Å². The zero-order chi connectivity index (χ0) is 34.3. The minimum absolute atomic E-state index is 0.695. The molecule has 0 aliphatic heterocycles. The Balaban J connectivity index is 1.46. The summed E-state index contributed by atoms with van der Waals surface area (Å²) in [5.74, 6) is 0. The van der Waals surface area contributed by atoms with Gasteiger partial charge in [0.15, 0.2) is 0 Å². The molecule has 4 heteroatoms. The van der Waals surface area contributed by atoms with Crippen LogP contribution >= 0.6 is 0 Å². The summed E-state index contributed by atoms with van der Waals surface area (Å²) in [6.45, 7) is 12.5. The van der Waals surface area contributed by atoms with Gasteiger partial charge in [0.1, 0.15) is 0 Å². The highest BCUT2D eigenvalue weighted by Crippen LogP contribution is 2.21. The monoisotopic (exact) mass is 665 g/mol. The smallest absolute Gasteiger partial charge is 0.0716 e. The fourth-order valence-corrected chi connectivity index (χ4v) is 6.39. The van der Waals surface area contributed by atoms with E-state index in [4.69, 9.17) is 9.47 Å². The van der Waals surface area contributed by atoms with Crippen LogP contribution in [-0.2, 0) is 22.7 Å². The van der Waals surface area contributed by atoms with Crippen LogP contribution in [0.3, 0.4) is 0 Å². The van der Waals surface area contributed by atoms with Gasteiger partial charge in [-0.25, -0.2) is 0 Å². The summed E-state index contributed by atoms with van der Waals surface area (Å²) in [6, 6.07) is 17.7. The van der Waals surface area contributed by atoms with Gasteiger partial charge >= 0.3 is 0 Å². The molecular weight excluding hydrogens is 588 g/mol. The van der Waals surface area contributed by atoms with E-state index < -0.39 is 0 Å². The molecular formula is C44H76N2O2. The maximum atomic E-state index is 5.99. The van der Waals surface area contributed by atoms with Crippen molar-refractivity contribution in [2.45, 2.75) is 155 Å². The third-order valence-corrected chi connectivity index (χ3v) is 9.72. The molecule has 2 aromatic carbocycles. The lowest BCUT2D eigenvalue weighted by Gasteiger charge is -2.16. The summed E-state index contributed by atoms with van der Waals surface area (Å²) >= 11 is 0. The van der Waals surface area contributed by atoms with Gasteiger partial charge in [-0.05, 0) is 101 Å². The Kier molecular flexibility index (Phi) is 26.6. The number of hydrogen-bond donors (Lipinski definition) is 0. The number of hydrogen-bond acceptors (Lipinski definition) is 4. The Morgan fingerprint density at radius 1 is 0.375 bits per heavy atom. The van der Waals surface area contributed by atoms with E-state index in [1.807, 2.05) is 0 Å². The van der Waals surface area contributed by atoms with Crippen molar-refractivity contribution in [3.05, 3.63) is 59.7 Å². The number of nitrogens with zero attached hydrogens (tertiary/aromatic N) is 2. The number of ether oxygens (including phenoxy) is 2. The predicted octanol–water partition coefficient (Wildman–Crippen LogP) is 12.1. The lowest BCUT2D eigenvalue weighted by molar-refractivity contribution is 0.115. The van der Waals surface area contributed by atoms with E-state index in [9.17, 15) is 0 Å². The van der Waals surface area contributed by atoms with E-state index in [1.54, 1.807) is 0 Å². The second-order valence-corrected chi connectivity index (χ2v) is 14.5. The van der Waals surface area contributed by atoms with Gasteiger partial charge in [0.05, 0.1) is 13.2 Å². The Labute approximate surface area is 298 Å². The third-order valence-electron chi connectivity index (χ3n) is 9.72. The quantitative estimate of drug-likeness (QED) is 0.0709. The van der Waals surface area contributed by atoms with Gasteiger partial charge in [-0.1, -0.05) is 152 Å². The minimum Gasteiger partial charge on any atom is -0.377 e. The van der Waals surface area contributed by atoms with Gasteiger partial charge < -0.3 is 19.3 Å². The van der Waals surface area contributed by atoms with Crippen molar-refractivity contribution in [3.63, 3.8) is 0 Å². The number of rotatable bonds is 33. The second-order valence-electron chi connectivity index (χ2n) is 14.5.